The largest absolute Gasteiger partial charge is 0.322 e. The zero-order valence-corrected chi connectivity index (χ0v) is 12.7. The van der Waals surface area contributed by atoms with Crippen molar-refractivity contribution < 1.29 is 4.79 Å². The third kappa shape index (κ3) is 3.60. The number of benzene rings is 2. The molecular weight excluding hydrogens is 340 g/mol. The highest BCUT2D eigenvalue weighted by Gasteiger charge is 2.11. The third-order valence-corrected chi connectivity index (χ3v) is 3.49. The first-order chi connectivity index (χ1) is 9.60. The molecule has 2 aromatic carbocycles. The zero-order valence-electron chi connectivity index (χ0n) is 10.4. The number of hydrogen-bond donors (Lipinski definition) is 1. The fourth-order valence-electron chi connectivity index (χ4n) is 1.67. The van der Waals surface area contributed by atoms with E-state index in [0.717, 1.165) is 10.0 Å². The van der Waals surface area contributed by atoms with E-state index >= 15 is 0 Å². The number of nitrogens with zero attached hydrogens (tertiary/aromatic N) is 1. The minimum atomic E-state index is -0.274. The van der Waals surface area contributed by atoms with Crippen molar-refractivity contribution in [1.29, 1.82) is 5.26 Å². The van der Waals surface area contributed by atoms with Gasteiger partial charge in [-0.3, -0.25) is 4.79 Å². The molecule has 0 saturated carbocycles. The molecule has 20 heavy (non-hydrogen) atoms. The lowest BCUT2D eigenvalue weighted by molar-refractivity contribution is 0.102. The van der Waals surface area contributed by atoms with Crippen LogP contribution < -0.4 is 5.32 Å². The summed E-state index contributed by atoms with van der Waals surface area (Å²) in [6, 6.07) is 14.3. The summed E-state index contributed by atoms with van der Waals surface area (Å²) in [4.78, 5) is 12.1. The number of carbonyl (C=O) groups excluding carboxylic acids is 1. The molecule has 0 aromatic heterocycles. The Labute approximate surface area is 130 Å². The van der Waals surface area contributed by atoms with Crippen LogP contribution in [0.5, 0.6) is 0 Å². The second-order valence-corrected chi connectivity index (χ2v) is 5.43. The number of amides is 1. The van der Waals surface area contributed by atoms with E-state index in [4.69, 9.17) is 16.9 Å². The lowest BCUT2D eigenvalue weighted by Gasteiger charge is -2.07. The van der Waals surface area contributed by atoms with E-state index in [2.05, 4.69) is 27.3 Å². The molecule has 2 rings (SSSR count). The quantitative estimate of drug-likeness (QED) is 0.891. The predicted molar refractivity (Wildman–Crippen MR) is 82.9 cm³/mol. The van der Waals surface area contributed by atoms with Crippen LogP contribution in [-0.2, 0) is 6.42 Å². The van der Waals surface area contributed by atoms with E-state index in [1.807, 2.05) is 0 Å². The standard InChI is InChI=1S/C15H10BrClN2O/c16-11-3-6-14(17)13(9-11)15(20)19-12-4-1-10(2-5-12)7-8-18/h1-6,9H,7H2,(H,19,20). The van der Waals surface area contributed by atoms with Crippen LogP contribution in [0, 0.1) is 11.3 Å². The van der Waals surface area contributed by atoms with Gasteiger partial charge in [0.1, 0.15) is 0 Å². The van der Waals surface area contributed by atoms with Crippen molar-refractivity contribution >= 4 is 39.1 Å². The highest BCUT2D eigenvalue weighted by atomic mass is 79.9. The van der Waals surface area contributed by atoms with Crippen molar-refractivity contribution in [3.05, 3.63) is 63.1 Å². The molecule has 1 N–H and O–H groups in total. The Morgan fingerprint density at radius 3 is 2.60 bits per heavy atom. The van der Waals surface area contributed by atoms with Gasteiger partial charge >= 0.3 is 0 Å². The summed E-state index contributed by atoms with van der Waals surface area (Å²) in [7, 11) is 0. The van der Waals surface area contributed by atoms with Gasteiger partial charge in [0.05, 0.1) is 23.1 Å². The molecule has 0 radical (unpaired) electrons. The number of halogens is 2. The maximum atomic E-state index is 12.1. The van der Waals surface area contributed by atoms with Gasteiger partial charge in [-0.1, -0.05) is 39.7 Å². The molecule has 0 aliphatic rings. The number of anilines is 1. The normalized spacial score (nSPS) is 9.85. The van der Waals surface area contributed by atoms with Crippen LogP contribution in [0.25, 0.3) is 0 Å². The molecule has 0 saturated heterocycles. The summed E-state index contributed by atoms with van der Waals surface area (Å²) in [5, 5.41) is 11.8. The molecule has 0 spiro atoms. The molecule has 100 valence electrons. The maximum absolute atomic E-state index is 12.1. The molecule has 3 nitrogen and oxygen atoms in total. The van der Waals surface area contributed by atoms with Crippen molar-refractivity contribution in [2.24, 2.45) is 0 Å². The van der Waals surface area contributed by atoms with Crippen LogP contribution >= 0.6 is 27.5 Å². The first-order valence-electron chi connectivity index (χ1n) is 5.82. The van der Waals surface area contributed by atoms with E-state index < -0.39 is 0 Å². The van der Waals surface area contributed by atoms with Gasteiger partial charge in [-0.25, -0.2) is 0 Å². The molecule has 0 unspecified atom stereocenters. The van der Waals surface area contributed by atoms with Crippen LogP contribution in [0.3, 0.4) is 0 Å². The lowest BCUT2D eigenvalue weighted by atomic mass is 10.1. The molecule has 1 amide bonds. The van der Waals surface area contributed by atoms with E-state index in [1.165, 1.54) is 0 Å². The molecule has 5 heteroatoms. The fourth-order valence-corrected chi connectivity index (χ4v) is 2.23. The molecule has 0 bridgehead atoms. The van der Waals surface area contributed by atoms with Crippen molar-refractivity contribution in [2.45, 2.75) is 6.42 Å². The molecular formula is C15H10BrClN2O. The van der Waals surface area contributed by atoms with Gasteiger partial charge in [0.2, 0.25) is 0 Å². The molecule has 0 aliphatic carbocycles. The van der Waals surface area contributed by atoms with Gasteiger partial charge in [0.25, 0.3) is 5.91 Å². The average Bonchev–Trinajstić information content (AvgIpc) is 2.44. The highest BCUT2D eigenvalue weighted by molar-refractivity contribution is 9.10. The van der Waals surface area contributed by atoms with Crippen LogP contribution in [0.4, 0.5) is 5.69 Å². The minimum absolute atomic E-state index is 0.274. The SMILES string of the molecule is N#CCc1ccc(NC(=O)c2cc(Br)ccc2Cl)cc1. The summed E-state index contributed by atoms with van der Waals surface area (Å²) in [5.74, 6) is -0.274. The Bertz CT molecular complexity index is 677. The van der Waals surface area contributed by atoms with Crippen molar-refractivity contribution in [2.75, 3.05) is 5.32 Å². The summed E-state index contributed by atoms with van der Waals surface area (Å²) < 4.78 is 0.788. The van der Waals surface area contributed by atoms with Gasteiger partial charge < -0.3 is 5.32 Å². The van der Waals surface area contributed by atoms with Crippen LogP contribution in [-0.4, -0.2) is 5.91 Å². The smallest absolute Gasteiger partial charge is 0.257 e. The topological polar surface area (TPSA) is 52.9 Å². The molecule has 0 atom stereocenters. The van der Waals surface area contributed by atoms with E-state index in [0.29, 0.717) is 22.7 Å². The van der Waals surface area contributed by atoms with Crippen molar-refractivity contribution in [3.8, 4) is 6.07 Å². The Hall–Kier alpha value is -1.83. The zero-order chi connectivity index (χ0) is 14.5. The van der Waals surface area contributed by atoms with Gasteiger partial charge in [-0.2, -0.15) is 5.26 Å². The van der Waals surface area contributed by atoms with Crippen LogP contribution in [0.2, 0.25) is 5.02 Å². The maximum Gasteiger partial charge on any atom is 0.257 e. The number of nitriles is 1. The van der Waals surface area contributed by atoms with Crippen molar-refractivity contribution in [3.63, 3.8) is 0 Å². The van der Waals surface area contributed by atoms with Gasteiger partial charge in [-0.05, 0) is 35.9 Å². The summed E-state index contributed by atoms with van der Waals surface area (Å²) in [6.07, 6.45) is 0.353. The molecule has 0 fully saturated rings. The van der Waals surface area contributed by atoms with E-state index in [-0.39, 0.29) is 5.91 Å². The Kier molecular flexibility index (Phi) is 4.78. The Morgan fingerprint density at radius 2 is 1.95 bits per heavy atom. The van der Waals surface area contributed by atoms with Crippen LogP contribution in [0.1, 0.15) is 15.9 Å². The monoisotopic (exact) mass is 348 g/mol. The fraction of sp³-hybridized carbons (Fsp3) is 0.0667. The number of rotatable bonds is 3. The number of hydrogen-bond acceptors (Lipinski definition) is 2. The average molecular weight is 350 g/mol. The second-order valence-electron chi connectivity index (χ2n) is 4.11. The number of carbonyl (C=O) groups is 1. The predicted octanol–water partition coefficient (Wildman–Crippen LogP) is 4.42. The highest BCUT2D eigenvalue weighted by Crippen LogP contribution is 2.22. The lowest BCUT2D eigenvalue weighted by Crippen LogP contribution is -2.12. The van der Waals surface area contributed by atoms with Gasteiger partial charge in [0, 0.05) is 10.2 Å². The minimum Gasteiger partial charge on any atom is -0.322 e. The molecule has 2 aromatic rings. The summed E-state index contributed by atoms with van der Waals surface area (Å²) in [5.41, 5.74) is 1.97. The summed E-state index contributed by atoms with van der Waals surface area (Å²) in [6.45, 7) is 0. The first kappa shape index (κ1) is 14.6. The van der Waals surface area contributed by atoms with E-state index in [9.17, 15) is 4.79 Å². The van der Waals surface area contributed by atoms with Gasteiger partial charge in [0.15, 0.2) is 0 Å². The third-order valence-electron chi connectivity index (χ3n) is 2.67. The number of nitrogens with one attached hydrogen (secondary N) is 1. The Balaban J connectivity index is 2.15. The summed E-state index contributed by atoms with van der Waals surface area (Å²) >= 11 is 9.31. The second kappa shape index (κ2) is 6.56. The van der Waals surface area contributed by atoms with Gasteiger partial charge in [-0.15, -0.1) is 0 Å². The van der Waals surface area contributed by atoms with Crippen molar-refractivity contribution in [1.82, 2.24) is 0 Å². The first-order valence-corrected chi connectivity index (χ1v) is 6.99. The van der Waals surface area contributed by atoms with Crippen LogP contribution in [0.15, 0.2) is 46.9 Å². The Morgan fingerprint density at radius 1 is 1.25 bits per heavy atom. The van der Waals surface area contributed by atoms with E-state index in [1.54, 1.807) is 42.5 Å². The molecule has 0 aliphatic heterocycles. The molecule has 0 heterocycles.